The highest BCUT2D eigenvalue weighted by atomic mass is 19.1. The first kappa shape index (κ1) is 15.5. The van der Waals surface area contributed by atoms with E-state index < -0.39 is 0 Å². The average molecular weight is 320 g/mol. The molecule has 1 aliphatic heterocycles. The van der Waals surface area contributed by atoms with Gasteiger partial charge in [0.15, 0.2) is 0 Å². The fourth-order valence-electron chi connectivity index (χ4n) is 2.45. The Morgan fingerprint density at radius 1 is 1.35 bits per heavy atom. The highest BCUT2D eigenvalue weighted by Crippen LogP contribution is 2.35. The molecule has 0 saturated heterocycles. The minimum Gasteiger partial charge on any atom is -0.494 e. The summed E-state index contributed by atoms with van der Waals surface area (Å²) in [6.07, 6.45) is 1.75. The lowest BCUT2D eigenvalue weighted by Gasteiger charge is -2.02. The summed E-state index contributed by atoms with van der Waals surface area (Å²) < 4.78 is 24.0. The number of aromatic nitrogens is 1. The van der Waals surface area contributed by atoms with Gasteiger partial charge in [-0.1, -0.05) is 0 Å². The molecule has 7 heteroatoms. The van der Waals surface area contributed by atoms with Crippen LogP contribution in [0.5, 0.6) is 5.88 Å². The van der Waals surface area contributed by atoms with Gasteiger partial charge >= 0.3 is 0 Å². The van der Waals surface area contributed by atoms with Crippen molar-refractivity contribution in [1.82, 2.24) is 4.98 Å². The topological polar surface area (TPSA) is 87.1 Å². The number of aliphatic hydroxyl groups excluding tert-OH is 1. The van der Waals surface area contributed by atoms with E-state index in [9.17, 15) is 9.50 Å². The van der Waals surface area contributed by atoms with Gasteiger partial charge in [0, 0.05) is 11.5 Å². The van der Waals surface area contributed by atoms with Gasteiger partial charge in [0.05, 0.1) is 43.2 Å². The summed E-state index contributed by atoms with van der Waals surface area (Å²) in [6, 6.07) is 4.25. The Morgan fingerprint density at radius 2 is 2.22 bits per heavy atom. The molecule has 0 amide bonds. The number of ether oxygens (including phenoxy) is 2. The van der Waals surface area contributed by atoms with Crippen molar-refractivity contribution in [3.63, 3.8) is 0 Å². The van der Waals surface area contributed by atoms with E-state index in [4.69, 9.17) is 14.6 Å². The van der Waals surface area contributed by atoms with Crippen LogP contribution in [0.25, 0.3) is 16.7 Å². The zero-order valence-electron chi connectivity index (χ0n) is 12.4. The maximum atomic E-state index is 13.3. The Hall–Kier alpha value is -2.38. The number of nitrogens with zero attached hydrogens (tertiary/aromatic N) is 1. The number of aliphatic imine (C=N–C) groups is 1. The van der Waals surface area contributed by atoms with Crippen molar-refractivity contribution in [2.45, 2.75) is 0 Å². The number of hydrogen-bond acceptors (Lipinski definition) is 5. The van der Waals surface area contributed by atoms with E-state index >= 15 is 0 Å². The second kappa shape index (κ2) is 6.80. The van der Waals surface area contributed by atoms with Gasteiger partial charge in [-0.05, 0) is 18.2 Å². The fraction of sp³-hybridized carbons (Fsp3) is 0.312. The molecule has 3 rings (SSSR count). The van der Waals surface area contributed by atoms with Crippen LogP contribution in [-0.4, -0.2) is 53.9 Å². The first-order valence-electron chi connectivity index (χ1n) is 7.26. The van der Waals surface area contributed by atoms with E-state index in [2.05, 4.69) is 9.98 Å². The smallest absolute Gasteiger partial charge is 0.200 e. The molecule has 1 aromatic carbocycles. The van der Waals surface area contributed by atoms with Gasteiger partial charge in [0.25, 0.3) is 0 Å². The first-order valence-corrected chi connectivity index (χ1v) is 7.26. The van der Waals surface area contributed by atoms with Crippen molar-refractivity contribution in [2.75, 3.05) is 33.0 Å². The number of fused-ring (bicyclic) bond motifs is 1. The Kier molecular flexibility index (Phi) is 4.59. The van der Waals surface area contributed by atoms with E-state index in [0.29, 0.717) is 48.6 Å². The highest BCUT2D eigenvalue weighted by molar-refractivity contribution is 6.07. The number of benzene rings is 1. The average Bonchev–Trinajstić information content (AvgIpc) is 3.10. The Bertz CT molecular complexity index is 767. The molecule has 6 nitrogen and oxygen atoms in total. The third-order valence-corrected chi connectivity index (χ3v) is 3.45. The van der Waals surface area contributed by atoms with Gasteiger partial charge in [-0.3, -0.25) is 4.99 Å². The Morgan fingerprint density at radius 3 is 3.04 bits per heavy atom. The number of nitrogens with one attached hydrogen (secondary N) is 1. The standard InChI is InChI=1S/C16H17FN2O4/c17-10-1-2-12-13(7-10)19-16(21)15(12)14-8-11(9-23-14)18-3-5-22-6-4-20/h1-2,7-8,19-21H,3-6,9H2. The lowest BCUT2D eigenvalue weighted by atomic mass is 10.1. The van der Waals surface area contributed by atoms with Crippen molar-refractivity contribution < 1.29 is 24.1 Å². The van der Waals surface area contributed by atoms with E-state index in [1.807, 2.05) is 0 Å². The summed E-state index contributed by atoms with van der Waals surface area (Å²) in [6.45, 7) is 1.48. The number of aliphatic hydroxyl groups is 1. The summed E-state index contributed by atoms with van der Waals surface area (Å²) in [7, 11) is 0. The van der Waals surface area contributed by atoms with Crippen molar-refractivity contribution in [3.05, 3.63) is 35.7 Å². The largest absolute Gasteiger partial charge is 0.494 e. The van der Waals surface area contributed by atoms with Gasteiger partial charge < -0.3 is 24.7 Å². The zero-order chi connectivity index (χ0) is 16.2. The van der Waals surface area contributed by atoms with Crippen molar-refractivity contribution in [1.29, 1.82) is 0 Å². The van der Waals surface area contributed by atoms with Crippen molar-refractivity contribution in [3.8, 4) is 5.88 Å². The molecule has 0 saturated carbocycles. The predicted octanol–water partition coefficient (Wildman–Crippen LogP) is 1.83. The van der Waals surface area contributed by atoms with Gasteiger partial charge in [0.1, 0.15) is 18.2 Å². The van der Waals surface area contributed by atoms with Crippen molar-refractivity contribution >= 4 is 22.4 Å². The van der Waals surface area contributed by atoms with Crippen LogP contribution in [0, 0.1) is 5.82 Å². The van der Waals surface area contributed by atoms with E-state index in [0.717, 1.165) is 5.71 Å². The molecule has 0 radical (unpaired) electrons. The quantitative estimate of drug-likeness (QED) is 0.709. The van der Waals surface area contributed by atoms with Crippen LogP contribution >= 0.6 is 0 Å². The molecule has 0 unspecified atom stereocenters. The molecule has 0 spiro atoms. The minimum atomic E-state index is -0.378. The first-order chi connectivity index (χ1) is 11.2. The molecule has 23 heavy (non-hydrogen) atoms. The molecule has 122 valence electrons. The number of hydrogen-bond donors (Lipinski definition) is 3. The van der Waals surface area contributed by atoms with Gasteiger partial charge in [-0.25, -0.2) is 4.39 Å². The predicted molar refractivity (Wildman–Crippen MR) is 84.1 cm³/mol. The lowest BCUT2D eigenvalue weighted by Crippen LogP contribution is -2.05. The lowest BCUT2D eigenvalue weighted by molar-refractivity contribution is 0.0978. The van der Waals surface area contributed by atoms with Crippen LogP contribution in [0.4, 0.5) is 4.39 Å². The maximum Gasteiger partial charge on any atom is 0.200 e. The van der Waals surface area contributed by atoms with Crippen LogP contribution in [-0.2, 0) is 9.47 Å². The van der Waals surface area contributed by atoms with Crippen LogP contribution < -0.4 is 0 Å². The molecular weight excluding hydrogens is 303 g/mol. The molecule has 1 aliphatic rings. The summed E-state index contributed by atoms with van der Waals surface area (Å²) in [5.74, 6) is 0.0523. The maximum absolute atomic E-state index is 13.3. The van der Waals surface area contributed by atoms with E-state index in [-0.39, 0.29) is 18.3 Å². The third-order valence-electron chi connectivity index (χ3n) is 3.45. The molecule has 1 aromatic heterocycles. The fourth-order valence-corrected chi connectivity index (χ4v) is 2.45. The van der Waals surface area contributed by atoms with Crippen LogP contribution in [0.1, 0.15) is 5.56 Å². The molecule has 2 aromatic rings. The molecular formula is C16H17FN2O4. The summed E-state index contributed by atoms with van der Waals surface area (Å²) in [4.78, 5) is 7.07. The number of rotatable bonds is 6. The molecule has 3 N–H and O–H groups in total. The van der Waals surface area contributed by atoms with Crippen molar-refractivity contribution in [2.24, 2.45) is 4.99 Å². The number of halogens is 1. The molecule has 0 bridgehead atoms. The Balaban J connectivity index is 1.79. The number of H-pyrrole nitrogens is 1. The van der Waals surface area contributed by atoms with E-state index in [1.165, 1.54) is 12.1 Å². The summed E-state index contributed by atoms with van der Waals surface area (Å²) >= 11 is 0. The minimum absolute atomic E-state index is 0.00975. The molecule has 0 aliphatic carbocycles. The van der Waals surface area contributed by atoms with Crippen LogP contribution in [0.3, 0.4) is 0 Å². The third kappa shape index (κ3) is 3.35. The summed E-state index contributed by atoms with van der Waals surface area (Å²) in [5.41, 5.74) is 1.75. The number of aromatic amines is 1. The monoisotopic (exact) mass is 320 g/mol. The molecule has 0 fully saturated rings. The second-order valence-electron chi connectivity index (χ2n) is 5.04. The zero-order valence-corrected chi connectivity index (χ0v) is 12.4. The summed E-state index contributed by atoms with van der Waals surface area (Å²) in [5, 5.41) is 19.4. The van der Waals surface area contributed by atoms with Crippen LogP contribution in [0.2, 0.25) is 0 Å². The highest BCUT2D eigenvalue weighted by Gasteiger charge is 2.21. The van der Waals surface area contributed by atoms with Gasteiger partial charge in [-0.2, -0.15) is 0 Å². The van der Waals surface area contributed by atoms with Gasteiger partial charge in [0.2, 0.25) is 5.88 Å². The van der Waals surface area contributed by atoms with E-state index in [1.54, 1.807) is 12.1 Å². The normalized spacial score (nSPS) is 16.1. The number of aromatic hydroxyl groups is 1. The second-order valence-corrected chi connectivity index (χ2v) is 5.04. The SMILES string of the molecule is OCCOCCN=C1C=C(c2c(O)[nH]c3cc(F)ccc23)OC1. The Labute approximate surface area is 131 Å². The van der Waals surface area contributed by atoms with Crippen LogP contribution in [0.15, 0.2) is 29.3 Å². The molecule has 0 atom stereocenters. The van der Waals surface area contributed by atoms with Gasteiger partial charge in [-0.15, -0.1) is 0 Å². The molecule has 2 heterocycles.